The third-order valence-electron chi connectivity index (χ3n) is 2.52. The van der Waals surface area contributed by atoms with E-state index in [1.807, 2.05) is 30.3 Å². The Morgan fingerprint density at radius 3 is 2.61 bits per heavy atom. The van der Waals surface area contributed by atoms with Crippen molar-refractivity contribution in [1.82, 2.24) is 9.97 Å². The molecule has 2 aromatic rings. The number of H-pyrrole nitrogens is 2. The maximum Gasteiger partial charge on any atom is 0.325 e. The number of hydrogen-bond donors (Lipinski definition) is 2. The molecule has 1 aromatic heterocycles. The van der Waals surface area contributed by atoms with Crippen LogP contribution in [-0.2, 0) is 17.8 Å². The molecule has 0 aliphatic rings. The van der Waals surface area contributed by atoms with Gasteiger partial charge in [0.05, 0.1) is 13.2 Å². The minimum Gasteiger partial charge on any atom is -0.376 e. The topological polar surface area (TPSA) is 75.0 Å². The third kappa shape index (κ3) is 3.43. The number of hydrogen-bond acceptors (Lipinski definition) is 3. The van der Waals surface area contributed by atoms with Gasteiger partial charge in [-0.1, -0.05) is 30.3 Å². The van der Waals surface area contributed by atoms with Crippen molar-refractivity contribution in [1.29, 1.82) is 0 Å². The summed E-state index contributed by atoms with van der Waals surface area (Å²) in [7, 11) is 0. The Bertz CT molecular complexity index is 601. The lowest BCUT2D eigenvalue weighted by molar-refractivity contribution is 0.123. The first-order valence-electron chi connectivity index (χ1n) is 5.68. The van der Waals surface area contributed by atoms with E-state index in [4.69, 9.17) is 4.74 Å². The Morgan fingerprint density at radius 1 is 1.11 bits per heavy atom. The molecule has 0 fully saturated rings. The number of ether oxygens (including phenoxy) is 1. The van der Waals surface area contributed by atoms with Crippen LogP contribution >= 0.6 is 0 Å². The lowest BCUT2D eigenvalue weighted by Crippen LogP contribution is -2.25. The minimum absolute atomic E-state index is 0.359. The van der Waals surface area contributed by atoms with Gasteiger partial charge in [0.1, 0.15) is 0 Å². The highest BCUT2D eigenvalue weighted by atomic mass is 16.5. The quantitative estimate of drug-likeness (QED) is 0.767. The van der Waals surface area contributed by atoms with Gasteiger partial charge in [-0.05, 0) is 5.56 Å². The largest absolute Gasteiger partial charge is 0.376 e. The Morgan fingerprint density at radius 2 is 1.89 bits per heavy atom. The van der Waals surface area contributed by atoms with Gasteiger partial charge in [0.25, 0.3) is 5.56 Å². The summed E-state index contributed by atoms with van der Waals surface area (Å²) in [6, 6.07) is 9.81. The molecule has 0 atom stereocenters. The normalized spacial score (nSPS) is 10.4. The van der Waals surface area contributed by atoms with E-state index in [1.54, 1.807) is 0 Å². The average molecular weight is 246 g/mol. The zero-order valence-electron chi connectivity index (χ0n) is 9.81. The van der Waals surface area contributed by atoms with Gasteiger partial charge in [-0.3, -0.25) is 9.78 Å². The van der Waals surface area contributed by atoms with Crippen LogP contribution in [0.5, 0.6) is 0 Å². The van der Waals surface area contributed by atoms with Gasteiger partial charge >= 0.3 is 5.69 Å². The van der Waals surface area contributed by atoms with Crippen LogP contribution in [0.25, 0.3) is 0 Å². The maximum absolute atomic E-state index is 11.4. The smallest absolute Gasteiger partial charge is 0.325 e. The maximum atomic E-state index is 11.4. The van der Waals surface area contributed by atoms with Crippen LogP contribution in [0.4, 0.5) is 0 Å². The molecule has 0 bridgehead atoms. The van der Waals surface area contributed by atoms with Crippen molar-refractivity contribution in [2.45, 2.75) is 13.0 Å². The first kappa shape index (κ1) is 12.3. The summed E-state index contributed by atoms with van der Waals surface area (Å²) < 4.78 is 5.46. The van der Waals surface area contributed by atoms with Crippen LogP contribution in [0, 0.1) is 0 Å². The van der Waals surface area contributed by atoms with Gasteiger partial charge in [0, 0.05) is 18.2 Å². The molecule has 0 saturated carbocycles. The van der Waals surface area contributed by atoms with Crippen molar-refractivity contribution in [3.05, 3.63) is 68.5 Å². The van der Waals surface area contributed by atoms with Gasteiger partial charge in [0.2, 0.25) is 0 Å². The Hall–Kier alpha value is -2.14. The molecule has 2 N–H and O–H groups in total. The summed E-state index contributed by atoms with van der Waals surface area (Å²) in [4.78, 5) is 26.8. The molecule has 0 unspecified atom stereocenters. The zero-order chi connectivity index (χ0) is 12.8. The van der Waals surface area contributed by atoms with Gasteiger partial charge < -0.3 is 9.72 Å². The summed E-state index contributed by atoms with van der Waals surface area (Å²) >= 11 is 0. The number of nitrogens with one attached hydrogen (secondary N) is 2. The summed E-state index contributed by atoms with van der Waals surface area (Å²) in [5, 5.41) is 0. The molecule has 0 amide bonds. The van der Waals surface area contributed by atoms with Gasteiger partial charge in [0.15, 0.2) is 0 Å². The lowest BCUT2D eigenvalue weighted by atomic mass is 10.2. The molecule has 5 nitrogen and oxygen atoms in total. The SMILES string of the molecule is O=c1[nH]cc(CCOCc2ccccc2)c(=O)[nH]1. The molecule has 0 radical (unpaired) electrons. The van der Waals surface area contributed by atoms with Crippen LogP contribution in [0.15, 0.2) is 46.1 Å². The number of rotatable bonds is 5. The standard InChI is InChI=1S/C13H14N2O3/c16-12-11(8-14-13(17)15-12)6-7-18-9-10-4-2-1-3-5-10/h1-5,8H,6-7,9H2,(H2,14,15,16,17). The molecule has 0 aliphatic carbocycles. The van der Waals surface area contributed by atoms with Gasteiger partial charge in [-0.25, -0.2) is 4.79 Å². The van der Waals surface area contributed by atoms with Crippen molar-refractivity contribution in [3.63, 3.8) is 0 Å². The summed E-state index contributed by atoms with van der Waals surface area (Å²) in [5.74, 6) is 0. The van der Waals surface area contributed by atoms with Crippen molar-refractivity contribution >= 4 is 0 Å². The van der Waals surface area contributed by atoms with Crippen LogP contribution in [0.1, 0.15) is 11.1 Å². The van der Waals surface area contributed by atoms with E-state index in [9.17, 15) is 9.59 Å². The molecule has 1 heterocycles. The predicted octanol–water partition coefficient (Wildman–Crippen LogP) is 0.823. The molecule has 0 spiro atoms. The Labute approximate surface area is 103 Å². The highest BCUT2D eigenvalue weighted by Crippen LogP contribution is 2.00. The van der Waals surface area contributed by atoms with Crippen LogP contribution in [-0.4, -0.2) is 16.6 Å². The first-order chi connectivity index (χ1) is 8.75. The number of aromatic amines is 2. The van der Waals surface area contributed by atoms with Gasteiger partial charge in [-0.15, -0.1) is 0 Å². The van der Waals surface area contributed by atoms with Crippen molar-refractivity contribution in [3.8, 4) is 0 Å². The third-order valence-corrected chi connectivity index (χ3v) is 2.52. The fourth-order valence-corrected chi connectivity index (χ4v) is 1.57. The highest BCUT2D eigenvalue weighted by molar-refractivity contribution is 5.13. The van der Waals surface area contributed by atoms with E-state index in [0.717, 1.165) is 5.56 Å². The second-order valence-corrected chi connectivity index (χ2v) is 3.89. The van der Waals surface area contributed by atoms with Crippen LogP contribution < -0.4 is 11.2 Å². The minimum atomic E-state index is -0.492. The fourth-order valence-electron chi connectivity index (χ4n) is 1.57. The van der Waals surface area contributed by atoms with E-state index in [0.29, 0.717) is 25.2 Å². The van der Waals surface area contributed by atoms with Gasteiger partial charge in [-0.2, -0.15) is 0 Å². The van der Waals surface area contributed by atoms with Crippen LogP contribution in [0.2, 0.25) is 0 Å². The summed E-state index contributed by atoms with van der Waals surface area (Å²) in [6.07, 6.45) is 1.89. The van der Waals surface area contributed by atoms with Crippen LogP contribution in [0.3, 0.4) is 0 Å². The molecular formula is C13H14N2O3. The van der Waals surface area contributed by atoms with E-state index >= 15 is 0 Å². The molecule has 2 rings (SSSR count). The highest BCUT2D eigenvalue weighted by Gasteiger charge is 2.00. The average Bonchev–Trinajstić information content (AvgIpc) is 2.38. The first-order valence-corrected chi connectivity index (χ1v) is 5.68. The summed E-state index contributed by atoms with van der Waals surface area (Å²) in [6.45, 7) is 0.951. The molecular weight excluding hydrogens is 232 g/mol. The molecule has 0 aliphatic heterocycles. The van der Waals surface area contributed by atoms with Crippen molar-refractivity contribution in [2.24, 2.45) is 0 Å². The van der Waals surface area contributed by atoms with Crippen molar-refractivity contribution in [2.75, 3.05) is 6.61 Å². The van der Waals surface area contributed by atoms with E-state index in [2.05, 4.69) is 9.97 Å². The van der Waals surface area contributed by atoms with E-state index in [1.165, 1.54) is 6.20 Å². The lowest BCUT2D eigenvalue weighted by Gasteiger charge is -2.03. The fraction of sp³-hybridized carbons (Fsp3) is 0.231. The number of aromatic nitrogens is 2. The monoisotopic (exact) mass is 246 g/mol. The predicted molar refractivity (Wildman–Crippen MR) is 67.5 cm³/mol. The Kier molecular flexibility index (Phi) is 4.09. The van der Waals surface area contributed by atoms with Crippen molar-refractivity contribution < 1.29 is 4.74 Å². The molecule has 0 saturated heterocycles. The number of benzene rings is 1. The Balaban J connectivity index is 1.82. The second kappa shape index (κ2) is 5.97. The second-order valence-electron chi connectivity index (χ2n) is 3.89. The molecule has 5 heteroatoms. The van der Waals surface area contributed by atoms with E-state index < -0.39 is 5.69 Å². The zero-order valence-corrected chi connectivity index (χ0v) is 9.81. The van der Waals surface area contributed by atoms with E-state index in [-0.39, 0.29) is 5.56 Å². The molecule has 1 aromatic carbocycles. The summed E-state index contributed by atoms with van der Waals surface area (Å²) in [5.41, 5.74) is 0.756. The molecule has 18 heavy (non-hydrogen) atoms. The molecule has 94 valence electrons.